The molecule has 88 valence electrons. The van der Waals surface area contributed by atoms with Crippen molar-refractivity contribution in [3.63, 3.8) is 0 Å². The van der Waals surface area contributed by atoms with Gasteiger partial charge in [-0.25, -0.2) is 4.98 Å². The van der Waals surface area contributed by atoms with Crippen LogP contribution in [-0.4, -0.2) is 34.6 Å². The maximum Gasteiger partial charge on any atom is 0.223 e. The monoisotopic (exact) mass is 256 g/mol. The highest BCUT2D eigenvalue weighted by Gasteiger charge is 2.17. The normalized spacial score (nSPS) is 15.7. The average Bonchev–Trinajstić information content (AvgIpc) is 2.89. The second-order valence-corrected chi connectivity index (χ2v) is 6.14. The van der Waals surface area contributed by atoms with Crippen LogP contribution in [0, 0.1) is 6.92 Å². The minimum absolute atomic E-state index is 0.304. The number of carbonyl (C=O) groups is 1. The quantitative estimate of drug-likeness (QED) is 0.776. The van der Waals surface area contributed by atoms with Gasteiger partial charge >= 0.3 is 0 Å². The molecule has 0 spiro atoms. The van der Waals surface area contributed by atoms with E-state index in [9.17, 15) is 4.79 Å². The van der Waals surface area contributed by atoms with E-state index in [1.807, 2.05) is 17.2 Å². The van der Waals surface area contributed by atoms with E-state index in [2.05, 4.69) is 4.98 Å². The Labute approximate surface area is 104 Å². The van der Waals surface area contributed by atoms with Gasteiger partial charge in [-0.2, -0.15) is 0 Å². The molecule has 0 aliphatic carbocycles. The Bertz CT molecular complexity index is 359. The molecule has 1 amide bonds. The van der Waals surface area contributed by atoms with Gasteiger partial charge in [0.1, 0.15) is 4.34 Å². The standard InChI is InChI=1S/C11H16N2OS2/c1-9-8-16-11(12-9)15-7-4-10(14)13-5-2-3-6-13/h8H,2-7H2,1H3. The van der Waals surface area contributed by atoms with Crippen LogP contribution in [0.3, 0.4) is 0 Å². The van der Waals surface area contributed by atoms with Gasteiger partial charge in [0.2, 0.25) is 5.91 Å². The van der Waals surface area contributed by atoms with Gasteiger partial charge in [-0.15, -0.1) is 11.3 Å². The van der Waals surface area contributed by atoms with Crippen LogP contribution in [0.2, 0.25) is 0 Å². The minimum Gasteiger partial charge on any atom is -0.343 e. The van der Waals surface area contributed by atoms with E-state index >= 15 is 0 Å². The summed E-state index contributed by atoms with van der Waals surface area (Å²) in [5, 5.41) is 2.05. The smallest absolute Gasteiger partial charge is 0.223 e. The second kappa shape index (κ2) is 5.68. The van der Waals surface area contributed by atoms with Crippen molar-refractivity contribution in [1.82, 2.24) is 9.88 Å². The van der Waals surface area contributed by atoms with Crippen molar-refractivity contribution in [1.29, 1.82) is 0 Å². The summed E-state index contributed by atoms with van der Waals surface area (Å²) in [5.74, 6) is 1.15. The third-order valence-corrected chi connectivity index (χ3v) is 4.74. The highest BCUT2D eigenvalue weighted by molar-refractivity contribution is 8.01. The molecule has 0 unspecified atom stereocenters. The molecule has 2 rings (SSSR count). The first-order valence-corrected chi connectivity index (χ1v) is 7.45. The van der Waals surface area contributed by atoms with E-state index in [1.54, 1.807) is 23.1 Å². The Hall–Kier alpha value is -0.550. The molecule has 0 saturated carbocycles. The Morgan fingerprint density at radius 3 is 2.94 bits per heavy atom. The summed E-state index contributed by atoms with van der Waals surface area (Å²) in [4.78, 5) is 18.1. The van der Waals surface area contributed by atoms with Crippen LogP contribution in [-0.2, 0) is 4.79 Å². The molecule has 1 saturated heterocycles. The molecule has 1 aliphatic rings. The number of nitrogens with zero attached hydrogens (tertiary/aromatic N) is 2. The number of aryl methyl sites for hydroxylation is 1. The van der Waals surface area contributed by atoms with Crippen molar-refractivity contribution >= 4 is 29.0 Å². The first-order valence-electron chi connectivity index (χ1n) is 5.58. The Morgan fingerprint density at radius 1 is 1.56 bits per heavy atom. The lowest BCUT2D eigenvalue weighted by Gasteiger charge is -2.14. The minimum atomic E-state index is 0.304. The van der Waals surface area contributed by atoms with Gasteiger partial charge in [0.15, 0.2) is 0 Å². The van der Waals surface area contributed by atoms with Crippen molar-refractivity contribution < 1.29 is 4.79 Å². The molecule has 0 N–H and O–H groups in total. The second-order valence-electron chi connectivity index (χ2n) is 3.94. The lowest BCUT2D eigenvalue weighted by Crippen LogP contribution is -2.27. The van der Waals surface area contributed by atoms with Gasteiger partial charge in [-0.3, -0.25) is 4.79 Å². The van der Waals surface area contributed by atoms with Gasteiger partial charge < -0.3 is 4.90 Å². The first kappa shape index (κ1) is 11.9. The zero-order chi connectivity index (χ0) is 11.4. The number of amides is 1. The molecule has 1 aliphatic heterocycles. The van der Waals surface area contributed by atoms with Crippen LogP contribution >= 0.6 is 23.1 Å². The lowest BCUT2D eigenvalue weighted by molar-refractivity contribution is -0.129. The Morgan fingerprint density at radius 2 is 2.31 bits per heavy atom. The number of carbonyl (C=O) groups excluding carboxylic acids is 1. The van der Waals surface area contributed by atoms with Crippen LogP contribution in [0.4, 0.5) is 0 Å². The highest BCUT2D eigenvalue weighted by atomic mass is 32.2. The Kier molecular flexibility index (Phi) is 4.23. The molecule has 3 nitrogen and oxygen atoms in total. The molecule has 1 aromatic heterocycles. The summed E-state index contributed by atoms with van der Waals surface area (Å²) >= 11 is 3.35. The molecule has 0 aromatic carbocycles. The number of likely N-dealkylation sites (tertiary alicyclic amines) is 1. The Balaban J connectivity index is 1.69. The van der Waals surface area contributed by atoms with Crippen molar-refractivity contribution in [2.45, 2.75) is 30.5 Å². The summed E-state index contributed by atoms with van der Waals surface area (Å²) in [6.45, 7) is 3.91. The number of aromatic nitrogens is 1. The number of hydrogen-bond donors (Lipinski definition) is 0. The van der Waals surface area contributed by atoms with E-state index in [0.717, 1.165) is 28.9 Å². The third kappa shape index (κ3) is 3.22. The molecule has 0 bridgehead atoms. The molecular weight excluding hydrogens is 240 g/mol. The largest absolute Gasteiger partial charge is 0.343 e. The molecule has 1 aromatic rings. The van der Waals surface area contributed by atoms with Crippen LogP contribution in [0.15, 0.2) is 9.72 Å². The van der Waals surface area contributed by atoms with Gasteiger partial charge in [0, 0.05) is 36.3 Å². The maximum absolute atomic E-state index is 11.7. The zero-order valence-electron chi connectivity index (χ0n) is 9.44. The van der Waals surface area contributed by atoms with Crippen LogP contribution in [0.25, 0.3) is 0 Å². The predicted octanol–water partition coefficient (Wildman–Crippen LogP) is 2.56. The first-order chi connectivity index (χ1) is 7.75. The molecule has 16 heavy (non-hydrogen) atoms. The summed E-state index contributed by atoms with van der Waals surface area (Å²) < 4.78 is 1.08. The van der Waals surface area contributed by atoms with Crippen molar-refractivity contribution in [3.8, 4) is 0 Å². The molecule has 1 fully saturated rings. The van der Waals surface area contributed by atoms with Gasteiger partial charge in [-0.1, -0.05) is 11.8 Å². The fourth-order valence-corrected chi connectivity index (χ4v) is 3.60. The summed E-state index contributed by atoms with van der Waals surface area (Å²) in [6, 6.07) is 0. The van der Waals surface area contributed by atoms with Gasteiger partial charge in [0.05, 0.1) is 0 Å². The summed E-state index contributed by atoms with van der Waals surface area (Å²) in [5.41, 5.74) is 1.07. The predicted molar refractivity (Wildman–Crippen MR) is 68.0 cm³/mol. The summed E-state index contributed by atoms with van der Waals surface area (Å²) in [7, 11) is 0. The lowest BCUT2D eigenvalue weighted by atomic mass is 10.4. The average molecular weight is 256 g/mol. The van der Waals surface area contributed by atoms with Crippen molar-refractivity contribution in [2.75, 3.05) is 18.8 Å². The number of rotatable bonds is 4. The van der Waals surface area contributed by atoms with Gasteiger partial charge in [-0.05, 0) is 19.8 Å². The highest BCUT2D eigenvalue weighted by Crippen LogP contribution is 2.23. The maximum atomic E-state index is 11.7. The van der Waals surface area contributed by atoms with E-state index in [1.165, 1.54) is 12.8 Å². The zero-order valence-corrected chi connectivity index (χ0v) is 11.1. The molecule has 2 heterocycles. The molecule has 5 heteroatoms. The van der Waals surface area contributed by atoms with Crippen molar-refractivity contribution in [3.05, 3.63) is 11.1 Å². The molecule has 0 radical (unpaired) electrons. The third-order valence-electron chi connectivity index (χ3n) is 2.60. The fraction of sp³-hybridized carbons (Fsp3) is 0.636. The molecule has 0 atom stereocenters. The van der Waals surface area contributed by atoms with E-state index < -0.39 is 0 Å². The van der Waals surface area contributed by atoms with E-state index in [0.29, 0.717) is 12.3 Å². The fourth-order valence-electron chi connectivity index (χ4n) is 1.75. The SMILES string of the molecule is Cc1csc(SCCC(=O)N2CCCC2)n1. The van der Waals surface area contributed by atoms with Crippen LogP contribution in [0.1, 0.15) is 25.0 Å². The van der Waals surface area contributed by atoms with Gasteiger partial charge in [0.25, 0.3) is 0 Å². The number of thiazole rings is 1. The van der Waals surface area contributed by atoms with E-state index in [-0.39, 0.29) is 0 Å². The summed E-state index contributed by atoms with van der Waals surface area (Å²) in [6.07, 6.45) is 2.98. The topological polar surface area (TPSA) is 33.2 Å². The van der Waals surface area contributed by atoms with Crippen LogP contribution in [0.5, 0.6) is 0 Å². The van der Waals surface area contributed by atoms with E-state index in [4.69, 9.17) is 0 Å². The van der Waals surface area contributed by atoms with Crippen LogP contribution < -0.4 is 0 Å². The van der Waals surface area contributed by atoms with Crippen molar-refractivity contribution in [2.24, 2.45) is 0 Å². The molecular formula is C11H16N2OS2. The number of hydrogen-bond acceptors (Lipinski definition) is 4. The number of thioether (sulfide) groups is 1.